The Kier molecular flexibility index (Phi) is 5.50. The van der Waals surface area contributed by atoms with Crippen LogP contribution in [0.4, 0.5) is 5.82 Å². The molecule has 0 amide bonds. The van der Waals surface area contributed by atoms with Crippen LogP contribution in [0.2, 0.25) is 0 Å². The Morgan fingerprint density at radius 1 is 1.00 bits per heavy atom. The quantitative estimate of drug-likeness (QED) is 0.350. The maximum Gasteiger partial charge on any atom is 0.239 e. The summed E-state index contributed by atoms with van der Waals surface area (Å²) in [4.78, 5) is 13.5. The fraction of sp³-hybridized carbons (Fsp3) is 0.0435. The van der Waals surface area contributed by atoms with Crippen LogP contribution >= 0.6 is 15.9 Å². The summed E-state index contributed by atoms with van der Waals surface area (Å²) in [6, 6.07) is 13.7. The number of ether oxygens (including phenoxy) is 1. The van der Waals surface area contributed by atoms with Crippen LogP contribution in [0.3, 0.4) is 0 Å². The fourth-order valence-electron chi connectivity index (χ4n) is 3.35. The lowest BCUT2D eigenvalue weighted by Gasteiger charge is -2.11. The molecule has 0 aliphatic carbocycles. The molecular formula is C23H17BrN6O3S. The second kappa shape index (κ2) is 8.50. The zero-order valence-corrected chi connectivity index (χ0v) is 20.2. The number of nitrogens with zero attached hydrogens (tertiary/aromatic N) is 5. The van der Waals surface area contributed by atoms with Gasteiger partial charge in [0.25, 0.3) is 0 Å². The normalized spacial score (nSPS) is 11.6. The summed E-state index contributed by atoms with van der Waals surface area (Å²) in [6.45, 7) is 0. The van der Waals surface area contributed by atoms with Crippen LogP contribution in [0.25, 0.3) is 28.0 Å². The largest absolute Gasteiger partial charge is 0.438 e. The summed E-state index contributed by atoms with van der Waals surface area (Å²) in [5.74, 6) is 0.936. The predicted molar refractivity (Wildman–Crippen MR) is 131 cm³/mol. The van der Waals surface area contributed by atoms with E-state index in [2.05, 4.69) is 36.0 Å². The highest BCUT2D eigenvalue weighted by Crippen LogP contribution is 2.36. The molecule has 4 aromatic heterocycles. The van der Waals surface area contributed by atoms with Gasteiger partial charge in [-0.2, -0.15) is 14.6 Å². The molecule has 1 aromatic carbocycles. The van der Waals surface area contributed by atoms with Crippen LogP contribution in [0.15, 0.2) is 82.7 Å². The van der Waals surface area contributed by atoms with Crippen LogP contribution in [-0.2, 0) is 9.84 Å². The average molecular weight is 537 g/mol. The molecule has 0 unspecified atom stereocenters. The lowest BCUT2D eigenvalue weighted by Crippen LogP contribution is -2.04. The van der Waals surface area contributed by atoms with E-state index in [4.69, 9.17) is 10.5 Å². The van der Waals surface area contributed by atoms with Crippen molar-refractivity contribution in [3.05, 3.63) is 77.8 Å². The molecule has 0 saturated heterocycles. The third kappa shape index (κ3) is 4.11. The molecule has 0 saturated carbocycles. The van der Waals surface area contributed by atoms with E-state index in [0.29, 0.717) is 21.7 Å². The summed E-state index contributed by atoms with van der Waals surface area (Å²) in [5, 5.41) is 4.36. The van der Waals surface area contributed by atoms with Crippen molar-refractivity contribution in [2.75, 3.05) is 12.0 Å². The Morgan fingerprint density at radius 2 is 1.79 bits per heavy atom. The van der Waals surface area contributed by atoms with Gasteiger partial charge in [-0.15, -0.1) is 0 Å². The average Bonchev–Trinajstić information content (AvgIpc) is 3.27. The number of fused-ring (bicyclic) bond motifs is 1. The van der Waals surface area contributed by atoms with Gasteiger partial charge >= 0.3 is 0 Å². The van der Waals surface area contributed by atoms with Crippen LogP contribution in [0.5, 0.6) is 11.6 Å². The van der Waals surface area contributed by atoms with Crippen molar-refractivity contribution in [3.63, 3.8) is 0 Å². The maximum atomic E-state index is 11.7. The second-order valence-corrected chi connectivity index (χ2v) is 10.2. The van der Waals surface area contributed by atoms with Gasteiger partial charge in [0, 0.05) is 41.5 Å². The van der Waals surface area contributed by atoms with Crippen molar-refractivity contribution in [1.82, 2.24) is 24.6 Å². The number of pyridine rings is 2. The maximum absolute atomic E-state index is 11.7. The van der Waals surface area contributed by atoms with Crippen LogP contribution in [0.1, 0.15) is 0 Å². The van der Waals surface area contributed by atoms with E-state index in [-0.39, 0.29) is 10.8 Å². The molecule has 0 aliphatic rings. The number of aromatic nitrogens is 5. The fourth-order valence-corrected chi connectivity index (χ4v) is 4.32. The molecular weight excluding hydrogens is 520 g/mol. The van der Waals surface area contributed by atoms with Crippen molar-refractivity contribution >= 4 is 37.2 Å². The topological polar surface area (TPSA) is 125 Å². The van der Waals surface area contributed by atoms with Crippen molar-refractivity contribution in [2.24, 2.45) is 0 Å². The predicted octanol–water partition coefficient (Wildman–Crippen LogP) is 4.39. The van der Waals surface area contributed by atoms with Gasteiger partial charge in [-0.05, 0) is 58.4 Å². The van der Waals surface area contributed by atoms with Crippen molar-refractivity contribution in [1.29, 1.82) is 0 Å². The van der Waals surface area contributed by atoms with E-state index in [1.165, 1.54) is 16.6 Å². The molecule has 0 spiro atoms. The highest BCUT2D eigenvalue weighted by molar-refractivity contribution is 9.10. The van der Waals surface area contributed by atoms with Gasteiger partial charge < -0.3 is 10.5 Å². The highest BCUT2D eigenvalue weighted by Gasteiger charge is 2.18. The molecule has 0 radical (unpaired) electrons. The Balaban J connectivity index is 1.52. The molecule has 0 aliphatic heterocycles. The molecule has 0 atom stereocenters. The molecule has 11 heteroatoms. The second-order valence-electron chi connectivity index (χ2n) is 7.43. The number of rotatable bonds is 5. The van der Waals surface area contributed by atoms with Crippen molar-refractivity contribution < 1.29 is 13.2 Å². The highest BCUT2D eigenvalue weighted by atomic mass is 79.9. The first kappa shape index (κ1) is 22.0. The Hall–Kier alpha value is -3.83. The first-order valence-electron chi connectivity index (χ1n) is 9.99. The minimum absolute atomic E-state index is 0.196. The van der Waals surface area contributed by atoms with E-state index < -0.39 is 9.84 Å². The summed E-state index contributed by atoms with van der Waals surface area (Å²) >= 11 is 3.42. The summed E-state index contributed by atoms with van der Waals surface area (Å²) in [5.41, 5.74) is 10.0. The molecule has 4 heterocycles. The SMILES string of the molecule is CS(=O)(=O)c1ccc(Oc2nc3c(-c4ccc(-c5cccnc5)nc4)cnn3c(N)c2Br)cc1. The van der Waals surface area contributed by atoms with Gasteiger partial charge in [-0.1, -0.05) is 6.07 Å². The number of anilines is 1. The van der Waals surface area contributed by atoms with Gasteiger partial charge in [0.05, 0.1) is 16.8 Å². The standard InChI is InChI=1S/C23H17BrN6O3S/c1-34(31,32)17-7-5-16(6-8-17)33-23-20(24)21(25)30-22(29-23)18(13-28-30)14-4-9-19(27-12-14)15-3-2-10-26-11-15/h2-13H,25H2,1H3. The number of nitrogen functional groups attached to an aromatic ring is 1. The van der Waals surface area contributed by atoms with Gasteiger partial charge in [-0.25, -0.2) is 8.42 Å². The molecule has 9 nitrogen and oxygen atoms in total. The summed E-state index contributed by atoms with van der Waals surface area (Å²) in [6.07, 6.45) is 8.02. The number of halogens is 1. The van der Waals surface area contributed by atoms with E-state index >= 15 is 0 Å². The minimum Gasteiger partial charge on any atom is -0.438 e. The lowest BCUT2D eigenvalue weighted by molar-refractivity contribution is 0.459. The van der Waals surface area contributed by atoms with E-state index in [1.54, 1.807) is 36.9 Å². The Morgan fingerprint density at radius 3 is 2.44 bits per heavy atom. The van der Waals surface area contributed by atoms with E-state index in [0.717, 1.165) is 28.6 Å². The van der Waals surface area contributed by atoms with Crippen molar-refractivity contribution in [3.8, 4) is 34.0 Å². The Bertz CT molecular complexity index is 1600. The first-order valence-corrected chi connectivity index (χ1v) is 12.7. The number of sulfone groups is 1. The number of benzene rings is 1. The number of nitrogens with two attached hydrogens (primary N) is 1. The van der Waals surface area contributed by atoms with Gasteiger partial charge in [0.1, 0.15) is 16.0 Å². The number of hydrogen-bond donors (Lipinski definition) is 1. The lowest BCUT2D eigenvalue weighted by atomic mass is 10.1. The van der Waals surface area contributed by atoms with Gasteiger partial charge in [0.2, 0.25) is 5.88 Å². The summed E-state index contributed by atoms with van der Waals surface area (Å²) in [7, 11) is -3.31. The van der Waals surface area contributed by atoms with Crippen LogP contribution < -0.4 is 10.5 Å². The molecule has 0 bridgehead atoms. The molecule has 0 fully saturated rings. The smallest absolute Gasteiger partial charge is 0.239 e. The summed E-state index contributed by atoms with van der Waals surface area (Å²) < 4.78 is 31.2. The van der Waals surface area contributed by atoms with E-state index in [1.807, 2.05) is 24.3 Å². The van der Waals surface area contributed by atoms with Gasteiger partial charge in [0.15, 0.2) is 15.5 Å². The zero-order chi connectivity index (χ0) is 23.9. The van der Waals surface area contributed by atoms with E-state index in [9.17, 15) is 8.42 Å². The molecule has 5 rings (SSSR count). The zero-order valence-electron chi connectivity index (χ0n) is 17.8. The number of hydrogen-bond acceptors (Lipinski definition) is 8. The molecule has 34 heavy (non-hydrogen) atoms. The molecule has 170 valence electrons. The third-order valence-corrected chi connectivity index (χ3v) is 6.96. The third-order valence-electron chi connectivity index (χ3n) is 5.09. The first-order chi connectivity index (χ1) is 16.3. The van der Waals surface area contributed by atoms with Crippen LogP contribution in [-0.4, -0.2) is 39.2 Å². The van der Waals surface area contributed by atoms with Crippen molar-refractivity contribution in [2.45, 2.75) is 4.90 Å². The van der Waals surface area contributed by atoms with Crippen LogP contribution in [0, 0.1) is 0 Å². The van der Waals surface area contributed by atoms with Gasteiger partial charge in [-0.3, -0.25) is 9.97 Å². The molecule has 5 aromatic rings. The Labute approximate surface area is 203 Å². The monoisotopic (exact) mass is 536 g/mol. The molecule has 2 N–H and O–H groups in total. The minimum atomic E-state index is -3.31.